The zero-order valence-electron chi connectivity index (χ0n) is 41.6. The molecule has 0 saturated carbocycles. The summed E-state index contributed by atoms with van der Waals surface area (Å²) in [6, 6.07) is -0.544. The van der Waals surface area contributed by atoms with Crippen molar-refractivity contribution in [2.75, 3.05) is 13.2 Å². The molecule has 0 bridgehead atoms. The predicted molar refractivity (Wildman–Crippen MR) is 269 cm³/mol. The largest absolute Gasteiger partial charge is 0.466 e. The normalized spacial score (nSPS) is 12.8. The fourth-order valence-electron chi connectivity index (χ4n) is 8.45. The van der Waals surface area contributed by atoms with Gasteiger partial charge in [-0.25, -0.2) is 0 Å². The van der Waals surface area contributed by atoms with E-state index >= 15 is 0 Å². The van der Waals surface area contributed by atoms with Crippen molar-refractivity contribution < 1.29 is 24.5 Å². The number of nitrogens with one attached hydrogen (secondary N) is 1. The fourth-order valence-corrected chi connectivity index (χ4v) is 8.45. The van der Waals surface area contributed by atoms with E-state index in [0.29, 0.717) is 25.9 Å². The first kappa shape index (κ1) is 60.3. The molecule has 0 heterocycles. The minimum atomic E-state index is -0.666. The first-order valence-electron chi connectivity index (χ1n) is 27.6. The van der Waals surface area contributed by atoms with E-state index in [2.05, 4.69) is 43.5 Å². The van der Waals surface area contributed by atoms with Crippen LogP contribution in [0.2, 0.25) is 0 Å². The summed E-state index contributed by atoms with van der Waals surface area (Å²) in [6.45, 7) is 4.91. The summed E-state index contributed by atoms with van der Waals surface area (Å²) in [5, 5.41) is 23.1. The third-order valence-electron chi connectivity index (χ3n) is 12.7. The Morgan fingerprint density at radius 3 is 1.18 bits per heavy atom. The van der Waals surface area contributed by atoms with Gasteiger partial charge in [0.15, 0.2) is 0 Å². The summed E-state index contributed by atoms with van der Waals surface area (Å²) < 4.78 is 5.46. The van der Waals surface area contributed by atoms with Crippen molar-refractivity contribution in [2.24, 2.45) is 0 Å². The zero-order chi connectivity index (χ0) is 45.1. The van der Waals surface area contributed by atoms with Gasteiger partial charge in [-0.2, -0.15) is 0 Å². The lowest BCUT2D eigenvalue weighted by molar-refractivity contribution is -0.143. The number of ether oxygens (including phenoxy) is 1. The summed E-state index contributed by atoms with van der Waals surface area (Å²) in [5.74, 6) is -0.0418. The van der Waals surface area contributed by atoms with E-state index in [1.54, 1.807) is 0 Å². The summed E-state index contributed by atoms with van der Waals surface area (Å²) in [6.07, 6.45) is 61.7. The maximum Gasteiger partial charge on any atom is 0.305 e. The van der Waals surface area contributed by atoms with Gasteiger partial charge in [-0.15, -0.1) is 0 Å². The summed E-state index contributed by atoms with van der Waals surface area (Å²) in [7, 11) is 0. The van der Waals surface area contributed by atoms with Gasteiger partial charge in [0, 0.05) is 12.8 Å². The maximum absolute atomic E-state index is 12.4. The number of hydrogen-bond acceptors (Lipinski definition) is 5. The minimum Gasteiger partial charge on any atom is -0.466 e. The third kappa shape index (κ3) is 47.8. The van der Waals surface area contributed by atoms with Gasteiger partial charge < -0.3 is 20.3 Å². The molecule has 6 nitrogen and oxygen atoms in total. The Morgan fingerprint density at radius 1 is 0.435 bits per heavy atom. The molecule has 0 saturated heterocycles. The molecule has 366 valence electrons. The average molecular weight is 874 g/mol. The molecule has 0 aliphatic heterocycles. The van der Waals surface area contributed by atoms with Crippen LogP contribution >= 0.6 is 0 Å². The number of esters is 1. The second kappa shape index (κ2) is 52.0. The molecule has 6 heteroatoms. The van der Waals surface area contributed by atoms with Crippen molar-refractivity contribution in [3.63, 3.8) is 0 Å². The van der Waals surface area contributed by atoms with Crippen LogP contribution in [0.4, 0.5) is 0 Å². The molecule has 2 unspecified atom stereocenters. The summed E-state index contributed by atoms with van der Waals surface area (Å²) >= 11 is 0. The molecule has 1 amide bonds. The second-order valence-corrected chi connectivity index (χ2v) is 18.9. The molecule has 0 rings (SSSR count). The molecule has 0 aromatic heterocycles. The highest BCUT2D eigenvalue weighted by Crippen LogP contribution is 2.16. The van der Waals surface area contributed by atoms with Gasteiger partial charge in [0.2, 0.25) is 5.91 Å². The van der Waals surface area contributed by atoms with E-state index in [1.165, 1.54) is 218 Å². The quantitative estimate of drug-likeness (QED) is 0.0321. The number of rotatable bonds is 51. The fraction of sp³-hybridized carbons (Fsp3) is 0.893. The molecule has 0 aromatic rings. The predicted octanol–water partition coefficient (Wildman–Crippen LogP) is 16.7. The standard InChI is InChI=1S/C56H107NO5/c1-3-5-7-9-11-13-15-30-34-38-42-46-50-56(61)62-51-47-43-39-35-31-28-26-24-22-20-18-16-17-19-21-23-25-27-29-33-37-41-45-49-55(60)57-53(52-58)54(59)48-44-40-36-32-14-12-10-8-6-4-2/h11,13,19,21,53-54,58-59H,3-10,12,14-18,20,22-52H2,1-2H3,(H,57,60)/b13-11-,21-19-. The monoisotopic (exact) mass is 874 g/mol. The molecular weight excluding hydrogens is 767 g/mol. The van der Waals surface area contributed by atoms with Crippen LogP contribution in [0.25, 0.3) is 0 Å². The van der Waals surface area contributed by atoms with Gasteiger partial charge in [0.05, 0.1) is 25.4 Å². The Kier molecular flexibility index (Phi) is 50.6. The van der Waals surface area contributed by atoms with Gasteiger partial charge in [-0.1, -0.05) is 231 Å². The third-order valence-corrected chi connectivity index (χ3v) is 12.7. The lowest BCUT2D eigenvalue weighted by atomic mass is 10.0. The number of aliphatic hydroxyl groups is 2. The second-order valence-electron chi connectivity index (χ2n) is 18.9. The van der Waals surface area contributed by atoms with Crippen molar-refractivity contribution in [3.05, 3.63) is 24.3 Å². The van der Waals surface area contributed by atoms with Crippen LogP contribution in [0, 0.1) is 0 Å². The van der Waals surface area contributed by atoms with Gasteiger partial charge in [0.1, 0.15) is 0 Å². The molecule has 62 heavy (non-hydrogen) atoms. The number of allylic oxidation sites excluding steroid dienone is 4. The van der Waals surface area contributed by atoms with Crippen molar-refractivity contribution in [2.45, 2.75) is 309 Å². The molecule has 0 radical (unpaired) electrons. The molecule has 0 spiro atoms. The Hall–Kier alpha value is -1.66. The van der Waals surface area contributed by atoms with Crippen molar-refractivity contribution in [1.82, 2.24) is 5.32 Å². The van der Waals surface area contributed by atoms with E-state index < -0.39 is 12.1 Å². The highest BCUT2D eigenvalue weighted by Gasteiger charge is 2.20. The maximum atomic E-state index is 12.4. The summed E-state index contributed by atoms with van der Waals surface area (Å²) in [4.78, 5) is 24.4. The number of aliphatic hydroxyl groups excluding tert-OH is 2. The molecule has 0 aliphatic rings. The van der Waals surface area contributed by atoms with Gasteiger partial charge in [-0.05, 0) is 77.0 Å². The molecule has 2 atom stereocenters. The van der Waals surface area contributed by atoms with E-state index in [9.17, 15) is 19.8 Å². The van der Waals surface area contributed by atoms with Crippen LogP contribution in [0.1, 0.15) is 296 Å². The van der Waals surface area contributed by atoms with Crippen LogP contribution in [0.3, 0.4) is 0 Å². The molecule has 3 N–H and O–H groups in total. The van der Waals surface area contributed by atoms with Crippen molar-refractivity contribution in [1.29, 1.82) is 0 Å². The van der Waals surface area contributed by atoms with Crippen molar-refractivity contribution in [3.8, 4) is 0 Å². The van der Waals surface area contributed by atoms with Gasteiger partial charge >= 0.3 is 5.97 Å². The number of unbranched alkanes of at least 4 members (excludes halogenated alkanes) is 36. The topological polar surface area (TPSA) is 95.9 Å². The van der Waals surface area contributed by atoms with Gasteiger partial charge in [-0.3, -0.25) is 9.59 Å². The van der Waals surface area contributed by atoms with Gasteiger partial charge in [0.25, 0.3) is 0 Å². The minimum absolute atomic E-state index is 0.00112. The molecule has 0 aliphatic carbocycles. The van der Waals surface area contributed by atoms with Crippen molar-refractivity contribution >= 4 is 11.9 Å². The van der Waals surface area contributed by atoms with Crippen LogP contribution < -0.4 is 5.32 Å². The van der Waals surface area contributed by atoms with E-state index in [0.717, 1.165) is 44.9 Å². The molecule has 0 fully saturated rings. The lowest BCUT2D eigenvalue weighted by Gasteiger charge is -2.22. The Bertz CT molecular complexity index is 966. The first-order valence-corrected chi connectivity index (χ1v) is 27.6. The smallest absolute Gasteiger partial charge is 0.305 e. The van der Waals surface area contributed by atoms with Crippen LogP contribution in [0.5, 0.6) is 0 Å². The van der Waals surface area contributed by atoms with E-state index in [4.69, 9.17) is 4.74 Å². The number of carbonyl (C=O) groups excluding carboxylic acids is 2. The Labute approximate surface area is 386 Å². The van der Waals surface area contributed by atoms with Crippen LogP contribution in [-0.4, -0.2) is 47.4 Å². The molecule has 0 aromatic carbocycles. The number of carbonyl (C=O) groups is 2. The highest BCUT2D eigenvalue weighted by atomic mass is 16.5. The average Bonchev–Trinajstić information content (AvgIpc) is 3.27. The van der Waals surface area contributed by atoms with E-state index in [-0.39, 0.29) is 18.5 Å². The molecular formula is C56H107NO5. The SMILES string of the molecule is CCCCC/C=C\CCCCCCCC(=O)OCCCCCCCCCCCCCC/C=C\CCCCCCCCCC(=O)NC(CO)C(O)CCCCCCCCCCCC. The number of hydrogen-bond donors (Lipinski definition) is 3. The first-order chi connectivity index (χ1) is 30.5. The van der Waals surface area contributed by atoms with Crippen LogP contribution in [-0.2, 0) is 14.3 Å². The Balaban J connectivity index is 3.39. The zero-order valence-corrected chi connectivity index (χ0v) is 41.6. The summed E-state index contributed by atoms with van der Waals surface area (Å²) in [5.41, 5.74) is 0. The lowest BCUT2D eigenvalue weighted by Crippen LogP contribution is -2.45. The van der Waals surface area contributed by atoms with Crippen LogP contribution in [0.15, 0.2) is 24.3 Å². The highest BCUT2D eigenvalue weighted by molar-refractivity contribution is 5.76. The Morgan fingerprint density at radius 2 is 0.758 bits per heavy atom. The van der Waals surface area contributed by atoms with E-state index in [1.807, 2.05) is 0 Å². The number of amides is 1.